The molecule has 2 aromatic rings. The van der Waals surface area contributed by atoms with Crippen LogP contribution < -0.4 is 16.0 Å². The minimum absolute atomic E-state index is 0.00836. The van der Waals surface area contributed by atoms with Gasteiger partial charge >= 0.3 is 6.09 Å². The van der Waals surface area contributed by atoms with Gasteiger partial charge in [0.25, 0.3) is 5.91 Å². The molecule has 8 heteroatoms. The summed E-state index contributed by atoms with van der Waals surface area (Å²) in [6, 6.07) is 18.2. The Kier molecular flexibility index (Phi) is 9.77. The van der Waals surface area contributed by atoms with Gasteiger partial charge in [0.15, 0.2) is 0 Å². The van der Waals surface area contributed by atoms with Crippen LogP contribution in [0.25, 0.3) is 0 Å². The van der Waals surface area contributed by atoms with Crippen LogP contribution in [0.3, 0.4) is 0 Å². The predicted octanol–water partition coefficient (Wildman–Crippen LogP) is 3.24. The third-order valence-electron chi connectivity index (χ3n) is 4.62. The number of nitrogens with one attached hydrogen (secondary N) is 3. The standard InChI is InChI=1S/C24H30N4O4/c1-25-20(15-10-16-21(29)28(2)3)22(23(30)26-19-13-8-5-9-14-19)27-24(31)32-17-18-11-6-4-7-12-18/h4-9,11-14,25H,10,15-17H2,1-3H3,(H,26,30)(H,27,31)/b22-20+. The van der Waals surface area contributed by atoms with Crippen LogP contribution in [-0.4, -0.2) is 44.0 Å². The van der Waals surface area contributed by atoms with E-state index < -0.39 is 12.0 Å². The molecule has 0 aliphatic rings. The van der Waals surface area contributed by atoms with Crippen molar-refractivity contribution >= 4 is 23.6 Å². The molecule has 0 fully saturated rings. The Balaban J connectivity index is 2.13. The Bertz CT molecular complexity index is 928. The van der Waals surface area contributed by atoms with Crippen molar-refractivity contribution in [2.24, 2.45) is 0 Å². The van der Waals surface area contributed by atoms with Crippen LogP contribution in [0, 0.1) is 0 Å². The lowest BCUT2D eigenvalue weighted by Crippen LogP contribution is -2.34. The molecule has 2 aromatic carbocycles. The monoisotopic (exact) mass is 438 g/mol. The summed E-state index contributed by atoms with van der Waals surface area (Å²) < 4.78 is 5.27. The summed E-state index contributed by atoms with van der Waals surface area (Å²) in [5.74, 6) is -0.498. The molecule has 8 nitrogen and oxygen atoms in total. The first kappa shape index (κ1) is 24.5. The Morgan fingerprint density at radius 3 is 2.12 bits per heavy atom. The quantitative estimate of drug-likeness (QED) is 0.495. The van der Waals surface area contributed by atoms with E-state index in [-0.39, 0.29) is 18.2 Å². The van der Waals surface area contributed by atoms with Crippen LogP contribution >= 0.6 is 0 Å². The van der Waals surface area contributed by atoms with Crippen LogP contribution in [0.2, 0.25) is 0 Å². The maximum absolute atomic E-state index is 13.0. The van der Waals surface area contributed by atoms with Gasteiger partial charge < -0.3 is 20.3 Å². The van der Waals surface area contributed by atoms with Crippen LogP contribution in [0.1, 0.15) is 24.8 Å². The van der Waals surface area contributed by atoms with E-state index in [2.05, 4.69) is 16.0 Å². The van der Waals surface area contributed by atoms with E-state index in [1.54, 1.807) is 45.4 Å². The van der Waals surface area contributed by atoms with E-state index in [1.165, 1.54) is 4.90 Å². The molecule has 0 saturated carbocycles. The molecule has 0 radical (unpaired) electrons. The predicted molar refractivity (Wildman–Crippen MR) is 123 cm³/mol. The number of nitrogens with zero attached hydrogens (tertiary/aromatic N) is 1. The van der Waals surface area contributed by atoms with Gasteiger partial charge in [-0.25, -0.2) is 4.79 Å². The average molecular weight is 439 g/mol. The van der Waals surface area contributed by atoms with Gasteiger partial charge in [-0.3, -0.25) is 14.9 Å². The first-order valence-electron chi connectivity index (χ1n) is 10.4. The molecule has 0 bridgehead atoms. The van der Waals surface area contributed by atoms with E-state index in [4.69, 9.17) is 4.74 Å². The van der Waals surface area contributed by atoms with Gasteiger partial charge in [-0.05, 0) is 30.5 Å². The van der Waals surface area contributed by atoms with E-state index in [1.807, 2.05) is 36.4 Å². The van der Waals surface area contributed by atoms with Gasteiger partial charge in [-0.2, -0.15) is 0 Å². The summed E-state index contributed by atoms with van der Waals surface area (Å²) in [5.41, 5.74) is 1.97. The van der Waals surface area contributed by atoms with Crippen molar-refractivity contribution in [2.75, 3.05) is 26.5 Å². The lowest BCUT2D eigenvalue weighted by molar-refractivity contribution is -0.128. The number of anilines is 1. The highest BCUT2D eigenvalue weighted by molar-refractivity contribution is 6.05. The zero-order chi connectivity index (χ0) is 23.3. The zero-order valence-corrected chi connectivity index (χ0v) is 18.7. The number of alkyl carbamates (subject to hydrolysis) is 1. The molecule has 0 heterocycles. The number of para-hydroxylation sites is 1. The first-order chi connectivity index (χ1) is 15.4. The largest absolute Gasteiger partial charge is 0.444 e. The summed E-state index contributed by atoms with van der Waals surface area (Å²) in [6.07, 6.45) is 0.483. The minimum atomic E-state index is -0.746. The molecular formula is C24H30N4O4. The first-order valence-corrected chi connectivity index (χ1v) is 10.4. The van der Waals surface area contributed by atoms with Gasteiger partial charge in [0.2, 0.25) is 5.91 Å². The van der Waals surface area contributed by atoms with Gasteiger partial charge in [0.1, 0.15) is 12.3 Å². The van der Waals surface area contributed by atoms with Crippen LogP contribution in [0.4, 0.5) is 10.5 Å². The summed E-state index contributed by atoms with van der Waals surface area (Å²) in [6.45, 7) is 0.0759. The van der Waals surface area contributed by atoms with E-state index >= 15 is 0 Å². The molecule has 0 unspecified atom stereocenters. The van der Waals surface area contributed by atoms with Crippen LogP contribution in [-0.2, 0) is 20.9 Å². The number of carbonyl (C=O) groups excluding carboxylic acids is 3. The molecule has 0 aliphatic heterocycles. The normalized spacial score (nSPS) is 11.1. The highest BCUT2D eigenvalue weighted by Gasteiger charge is 2.19. The minimum Gasteiger partial charge on any atom is -0.444 e. The maximum Gasteiger partial charge on any atom is 0.412 e. The average Bonchev–Trinajstić information content (AvgIpc) is 2.80. The number of rotatable bonds is 10. The number of carbonyl (C=O) groups is 3. The summed E-state index contributed by atoms with van der Waals surface area (Å²) in [4.78, 5) is 38.8. The second kappa shape index (κ2) is 12.8. The van der Waals surface area contributed by atoms with Crippen molar-refractivity contribution in [2.45, 2.75) is 25.9 Å². The van der Waals surface area contributed by atoms with Crippen molar-refractivity contribution in [3.63, 3.8) is 0 Å². The van der Waals surface area contributed by atoms with Crippen molar-refractivity contribution in [3.05, 3.63) is 77.6 Å². The fourth-order valence-electron chi connectivity index (χ4n) is 2.86. The number of amides is 3. The van der Waals surface area contributed by atoms with Crippen molar-refractivity contribution < 1.29 is 19.1 Å². The molecule has 3 N–H and O–H groups in total. The summed E-state index contributed by atoms with van der Waals surface area (Å²) >= 11 is 0. The Morgan fingerprint density at radius 2 is 1.53 bits per heavy atom. The number of benzene rings is 2. The van der Waals surface area contributed by atoms with E-state index in [0.717, 1.165) is 5.56 Å². The fraction of sp³-hybridized carbons (Fsp3) is 0.292. The van der Waals surface area contributed by atoms with Crippen molar-refractivity contribution in [1.82, 2.24) is 15.5 Å². The molecular weight excluding hydrogens is 408 g/mol. The lowest BCUT2D eigenvalue weighted by Gasteiger charge is -2.17. The van der Waals surface area contributed by atoms with Crippen LogP contribution in [0.5, 0.6) is 0 Å². The van der Waals surface area contributed by atoms with E-state index in [9.17, 15) is 14.4 Å². The molecule has 0 atom stereocenters. The molecule has 0 aromatic heterocycles. The molecule has 170 valence electrons. The summed E-state index contributed by atoms with van der Waals surface area (Å²) in [7, 11) is 5.05. The molecule has 0 saturated heterocycles. The second-order valence-electron chi connectivity index (χ2n) is 7.25. The smallest absolute Gasteiger partial charge is 0.412 e. The maximum atomic E-state index is 13.0. The van der Waals surface area contributed by atoms with E-state index in [0.29, 0.717) is 30.6 Å². The van der Waals surface area contributed by atoms with Crippen LogP contribution in [0.15, 0.2) is 72.1 Å². The van der Waals surface area contributed by atoms with Gasteiger partial charge in [-0.1, -0.05) is 48.5 Å². The molecule has 0 spiro atoms. The highest BCUT2D eigenvalue weighted by atomic mass is 16.5. The second-order valence-corrected chi connectivity index (χ2v) is 7.25. The number of hydrogen-bond donors (Lipinski definition) is 3. The molecule has 3 amide bonds. The fourth-order valence-corrected chi connectivity index (χ4v) is 2.86. The molecule has 32 heavy (non-hydrogen) atoms. The van der Waals surface area contributed by atoms with Crippen molar-refractivity contribution in [3.8, 4) is 0 Å². The van der Waals surface area contributed by atoms with Crippen molar-refractivity contribution in [1.29, 1.82) is 0 Å². The van der Waals surface area contributed by atoms with Gasteiger partial charge in [0, 0.05) is 38.9 Å². The van der Waals surface area contributed by atoms with Gasteiger partial charge in [-0.15, -0.1) is 0 Å². The Labute approximate surface area is 188 Å². The number of hydrogen-bond acceptors (Lipinski definition) is 5. The third kappa shape index (κ3) is 8.14. The molecule has 2 rings (SSSR count). The molecule has 0 aliphatic carbocycles. The third-order valence-corrected chi connectivity index (χ3v) is 4.62. The Morgan fingerprint density at radius 1 is 0.906 bits per heavy atom. The number of allylic oxidation sites excluding steroid dienone is 1. The summed E-state index contributed by atoms with van der Waals surface area (Å²) in [5, 5.41) is 8.31. The highest BCUT2D eigenvalue weighted by Crippen LogP contribution is 2.13. The van der Waals surface area contributed by atoms with Gasteiger partial charge in [0.05, 0.1) is 0 Å². The Hall–Kier alpha value is -3.81. The topological polar surface area (TPSA) is 99.8 Å². The number of ether oxygens (including phenoxy) is 1. The SMILES string of the molecule is CN/C(CCCC(=O)N(C)C)=C(/NC(=O)OCc1ccccc1)C(=O)Nc1ccccc1. The lowest BCUT2D eigenvalue weighted by atomic mass is 10.1. The zero-order valence-electron chi connectivity index (χ0n) is 18.7.